The Morgan fingerprint density at radius 1 is 0.692 bits per heavy atom. The van der Waals surface area contributed by atoms with Gasteiger partial charge in [-0.3, -0.25) is 0 Å². The first-order chi connectivity index (χ1) is 12.6. The minimum Gasteiger partial charge on any atom is -0.391 e. The zero-order chi connectivity index (χ0) is 18.9. The third-order valence-corrected chi connectivity index (χ3v) is 3.80. The molecule has 7 nitrogen and oxygen atoms in total. The van der Waals surface area contributed by atoms with Crippen molar-refractivity contribution in [1.29, 1.82) is 0 Å². The summed E-state index contributed by atoms with van der Waals surface area (Å²) in [6.07, 6.45) is 12.3. The highest BCUT2D eigenvalue weighted by Gasteiger charge is 2.33. The van der Waals surface area contributed by atoms with E-state index in [2.05, 4.69) is 26.3 Å². The van der Waals surface area contributed by atoms with Gasteiger partial charge in [0, 0.05) is 51.0 Å². The summed E-state index contributed by atoms with van der Waals surface area (Å²) in [5.41, 5.74) is 0. The van der Waals surface area contributed by atoms with Crippen molar-refractivity contribution < 1.29 is 14.3 Å². The van der Waals surface area contributed by atoms with Crippen LogP contribution < -0.4 is 0 Å². The van der Waals surface area contributed by atoms with Crippen LogP contribution in [-0.4, -0.2) is 64.6 Å². The lowest BCUT2D eigenvalue weighted by molar-refractivity contribution is -0.123. The lowest BCUT2D eigenvalue weighted by Crippen LogP contribution is -2.46. The first-order valence-electron chi connectivity index (χ1n) is 8.35. The van der Waals surface area contributed by atoms with Gasteiger partial charge in [0.05, 0.1) is 0 Å². The molecule has 26 heavy (non-hydrogen) atoms. The lowest BCUT2D eigenvalue weighted by atomic mass is 10.5. The second-order valence-electron chi connectivity index (χ2n) is 5.68. The number of carbonyl (C=O) groups excluding carboxylic acids is 1. The van der Waals surface area contributed by atoms with E-state index in [1.165, 1.54) is 0 Å². The van der Waals surface area contributed by atoms with Gasteiger partial charge in [0.1, 0.15) is 0 Å². The van der Waals surface area contributed by atoms with Crippen LogP contribution in [0.15, 0.2) is 75.4 Å². The van der Waals surface area contributed by atoms with E-state index in [1.54, 1.807) is 24.3 Å². The maximum Gasteiger partial charge on any atom is 0.514 e. The summed E-state index contributed by atoms with van der Waals surface area (Å²) in [5, 5.41) is 0. The molecule has 2 aliphatic rings. The van der Waals surface area contributed by atoms with Gasteiger partial charge in [-0.15, -0.1) is 26.3 Å². The quantitative estimate of drug-likeness (QED) is 0.439. The summed E-state index contributed by atoms with van der Waals surface area (Å²) in [6, 6.07) is 0. The zero-order valence-corrected chi connectivity index (χ0v) is 14.9. The molecular weight excluding hydrogens is 332 g/mol. The zero-order valence-electron chi connectivity index (χ0n) is 14.9. The molecule has 0 radical (unpaired) electrons. The summed E-state index contributed by atoms with van der Waals surface area (Å²) < 4.78 is 11.1. The Kier molecular flexibility index (Phi) is 6.96. The summed E-state index contributed by atoms with van der Waals surface area (Å²) in [4.78, 5) is 19.8. The molecule has 7 heteroatoms. The molecule has 0 atom stereocenters. The number of ether oxygens (including phenoxy) is 2. The van der Waals surface area contributed by atoms with Crippen LogP contribution in [-0.2, 0) is 9.47 Å². The molecule has 0 fully saturated rings. The summed E-state index contributed by atoms with van der Waals surface area (Å²) >= 11 is 0. The van der Waals surface area contributed by atoms with E-state index in [-0.39, 0.29) is 0 Å². The normalized spacial score (nSPS) is 16.9. The van der Waals surface area contributed by atoms with E-state index in [1.807, 2.05) is 44.4 Å². The minimum atomic E-state index is -0.765. The van der Waals surface area contributed by atoms with Gasteiger partial charge in [0.2, 0.25) is 0 Å². The van der Waals surface area contributed by atoms with Crippen LogP contribution in [0.25, 0.3) is 0 Å². The van der Waals surface area contributed by atoms with Crippen molar-refractivity contribution in [3.63, 3.8) is 0 Å². The third kappa shape index (κ3) is 4.50. The molecule has 0 aliphatic carbocycles. The fourth-order valence-electron chi connectivity index (χ4n) is 2.69. The first kappa shape index (κ1) is 19.2. The van der Waals surface area contributed by atoms with Gasteiger partial charge in [-0.05, 0) is 0 Å². The molecule has 2 aliphatic heterocycles. The van der Waals surface area contributed by atoms with Crippen molar-refractivity contribution >= 4 is 6.16 Å². The van der Waals surface area contributed by atoms with E-state index in [9.17, 15) is 4.79 Å². The molecule has 0 bridgehead atoms. The second-order valence-corrected chi connectivity index (χ2v) is 5.68. The van der Waals surface area contributed by atoms with E-state index >= 15 is 0 Å². The second kappa shape index (κ2) is 9.41. The minimum absolute atomic E-state index is 0.540. The van der Waals surface area contributed by atoms with Crippen molar-refractivity contribution in [3.05, 3.63) is 75.4 Å². The van der Waals surface area contributed by atoms with Crippen molar-refractivity contribution in [2.75, 3.05) is 26.2 Å². The number of hydrogen-bond acceptors (Lipinski definition) is 7. The first-order valence-corrected chi connectivity index (χ1v) is 8.35. The highest BCUT2D eigenvalue weighted by molar-refractivity contribution is 5.60. The number of nitrogens with zero attached hydrogens (tertiary/aromatic N) is 4. The van der Waals surface area contributed by atoms with Gasteiger partial charge >= 0.3 is 6.16 Å². The average Bonchev–Trinajstić information content (AvgIpc) is 3.16. The smallest absolute Gasteiger partial charge is 0.391 e. The number of hydrogen-bond donors (Lipinski definition) is 0. The van der Waals surface area contributed by atoms with Crippen LogP contribution in [0.4, 0.5) is 4.79 Å². The Bertz CT molecular complexity index is 512. The van der Waals surface area contributed by atoms with Gasteiger partial charge in [-0.2, -0.15) is 0 Å². The van der Waals surface area contributed by atoms with E-state index in [4.69, 9.17) is 9.47 Å². The maximum atomic E-state index is 12.4. The molecule has 2 rings (SSSR count). The number of carbonyl (C=O) groups is 1. The molecule has 0 amide bonds. The largest absolute Gasteiger partial charge is 0.514 e. The molecule has 0 N–H and O–H groups in total. The summed E-state index contributed by atoms with van der Waals surface area (Å²) in [6.45, 7) is 17.1. The molecule has 0 saturated carbocycles. The van der Waals surface area contributed by atoms with E-state index < -0.39 is 18.9 Å². The fourth-order valence-corrected chi connectivity index (χ4v) is 2.69. The molecule has 0 spiro atoms. The van der Waals surface area contributed by atoms with Crippen LogP contribution >= 0.6 is 0 Å². The summed E-state index contributed by atoms with van der Waals surface area (Å²) in [7, 11) is 0. The fraction of sp³-hybridized carbons (Fsp3) is 0.316. The predicted molar refractivity (Wildman–Crippen MR) is 101 cm³/mol. The molecule has 0 aromatic carbocycles. The van der Waals surface area contributed by atoms with Crippen LogP contribution in [0.2, 0.25) is 0 Å². The standard InChI is InChI=1S/C19H26N4O3/c1-5-9-20-13-14-21(10-6-2)17(20)25-19(24)26-18-22(11-7-3)15-16-23(18)12-8-4/h5-8,13-18H,1-4,9-12H2. The van der Waals surface area contributed by atoms with Gasteiger partial charge < -0.3 is 29.1 Å². The Morgan fingerprint density at radius 2 is 0.962 bits per heavy atom. The summed E-state index contributed by atoms with van der Waals surface area (Å²) in [5.74, 6) is 0. The third-order valence-electron chi connectivity index (χ3n) is 3.80. The molecular formula is C19H26N4O3. The number of rotatable bonds is 10. The van der Waals surface area contributed by atoms with Crippen molar-refractivity contribution in [2.24, 2.45) is 0 Å². The van der Waals surface area contributed by atoms with Crippen molar-refractivity contribution in [2.45, 2.75) is 12.7 Å². The van der Waals surface area contributed by atoms with Crippen molar-refractivity contribution in [3.8, 4) is 0 Å². The van der Waals surface area contributed by atoms with Gasteiger partial charge in [-0.25, -0.2) is 4.79 Å². The molecule has 0 saturated heterocycles. The molecule has 0 aromatic rings. The molecule has 0 unspecified atom stereocenters. The van der Waals surface area contributed by atoms with Gasteiger partial charge in [0.15, 0.2) is 0 Å². The Labute approximate surface area is 155 Å². The topological polar surface area (TPSA) is 48.5 Å². The SMILES string of the molecule is C=CCN1C=CN(CC=C)C1OC(=O)OC1N(CC=C)C=CN1CC=C. The van der Waals surface area contributed by atoms with Crippen LogP contribution in [0.5, 0.6) is 0 Å². The lowest BCUT2D eigenvalue weighted by Gasteiger charge is -2.33. The molecule has 2 heterocycles. The monoisotopic (exact) mass is 358 g/mol. The van der Waals surface area contributed by atoms with Gasteiger partial charge in [-0.1, -0.05) is 24.3 Å². The predicted octanol–water partition coefficient (Wildman–Crippen LogP) is 2.63. The molecule has 140 valence electrons. The van der Waals surface area contributed by atoms with Crippen molar-refractivity contribution in [1.82, 2.24) is 19.6 Å². The highest BCUT2D eigenvalue weighted by Crippen LogP contribution is 2.21. The highest BCUT2D eigenvalue weighted by atomic mass is 16.8. The van der Waals surface area contributed by atoms with Gasteiger partial charge in [0.25, 0.3) is 12.7 Å². The average molecular weight is 358 g/mol. The Morgan fingerprint density at radius 3 is 1.19 bits per heavy atom. The Hall–Kier alpha value is -3.09. The van der Waals surface area contributed by atoms with Crippen LogP contribution in [0.3, 0.4) is 0 Å². The van der Waals surface area contributed by atoms with Crippen LogP contribution in [0.1, 0.15) is 0 Å². The Balaban J connectivity index is 2.02. The van der Waals surface area contributed by atoms with E-state index in [0.717, 1.165) is 0 Å². The molecule has 0 aromatic heterocycles. The van der Waals surface area contributed by atoms with E-state index in [0.29, 0.717) is 26.2 Å². The van der Waals surface area contributed by atoms with Crippen LogP contribution in [0, 0.1) is 0 Å². The maximum absolute atomic E-state index is 12.4.